The Hall–Kier alpha value is -4.30. The molecular formula is C66H106N4O4. The fourth-order valence-electron chi connectivity index (χ4n) is 9.86. The molecule has 0 fully saturated rings. The van der Waals surface area contributed by atoms with Crippen LogP contribution in [0.15, 0.2) is 36.4 Å². The first kappa shape index (κ1) is 64.0. The summed E-state index contributed by atoms with van der Waals surface area (Å²) in [6.45, 7) is 11.5. The van der Waals surface area contributed by atoms with Crippen molar-refractivity contribution in [3.05, 3.63) is 47.8 Å². The summed E-state index contributed by atoms with van der Waals surface area (Å²) in [5.74, 6) is 2.76. The van der Waals surface area contributed by atoms with Gasteiger partial charge in [-0.15, -0.1) is 0 Å². The van der Waals surface area contributed by atoms with E-state index in [1.54, 1.807) is 0 Å². The van der Waals surface area contributed by atoms with E-state index in [0.717, 1.165) is 62.5 Å². The van der Waals surface area contributed by atoms with Crippen molar-refractivity contribution in [2.24, 2.45) is 0 Å². The Morgan fingerprint density at radius 1 is 0.297 bits per heavy atom. The molecule has 0 unspecified atom stereocenters. The van der Waals surface area contributed by atoms with Gasteiger partial charge in [-0.25, -0.2) is 9.97 Å². The molecule has 0 atom stereocenters. The lowest BCUT2D eigenvalue weighted by atomic mass is 10.0. The number of nitriles is 2. The van der Waals surface area contributed by atoms with Crippen molar-refractivity contribution in [3.63, 3.8) is 0 Å². The average Bonchev–Trinajstić information content (AvgIpc) is 3.42. The van der Waals surface area contributed by atoms with Crippen LogP contribution in [0, 0.1) is 22.7 Å². The third-order valence-electron chi connectivity index (χ3n) is 14.6. The second kappa shape index (κ2) is 44.9. The van der Waals surface area contributed by atoms with Crippen molar-refractivity contribution >= 4 is 0 Å². The molecule has 3 rings (SSSR count). The first-order valence-electron chi connectivity index (χ1n) is 31.1. The third-order valence-corrected chi connectivity index (χ3v) is 14.6. The third kappa shape index (κ3) is 29.1. The summed E-state index contributed by atoms with van der Waals surface area (Å²) >= 11 is 0. The van der Waals surface area contributed by atoms with Gasteiger partial charge in [0.25, 0.3) is 0 Å². The number of rotatable bonds is 50. The lowest BCUT2D eigenvalue weighted by Crippen LogP contribution is -2.05. The van der Waals surface area contributed by atoms with Crippen LogP contribution in [0.2, 0.25) is 0 Å². The van der Waals surface area contributed by atoms with Gasteiger partial charge in [0.1, 0.15) is 12.1 Å². The highest BCUT2D eigenvalue weighted by molar-refractivity contribution is 5.81. The highest BCUT2D eigenvalue weighted by Gasteiger charge is 2.21. The summed E-state index contributed by atoms with van der Waals surface area (Å²) in [6.07, 6.45) is 50.5. The van der Waals surface area contributed by atoms with Crippen LogP contribution in [0.5, 0.6) is 23.0 Å². The van der Waals surface area contributed by atoms with Crippen molar-refractivity contribution in [1.29, 1.82) is 10.5 Å². The van der Waals surface area contributed by atoms with Gasteiger partial charge in [-0.1, -0.05) is 259 Å². The fraction of sp³-hybridized carbons (Fsp3) is 0.727. The Morgan fingerprint density at radius 2 is 0.514 bits per heavy atom. The summed E-state index contributed by atoms with van der Waals surface area (Å²) in [6, 6.07) is 16.2. The van der Waals surface area contributed by atoms with E-state index in [2.05, 4.69) is 39.8 Å². The van der Waals surface area contributed by atoms with E-state index in [-0.39, 0.29) is 11.4 Å². The van der Waals surface area contributed by atoms with Crippen LogP contribution in [0.3, 0.4) is 0 Å². The van der Waals surface area contributed by atoms with E-state index in [4.69, 9.17) is 28.9 Å². The quantitative estimate of drug-likeness (QED) is 0.0514. The molecule has 0 aliphatic rings. The van der Waals surface area contributed by atoms with Gasteiger partial charge in [-0.05, 0) is 62.1 Å². The smallest absolute Gasteiger partial charge is 0.177 e. The zero-order chi connectivity index (χ0) is 52.8. The summed E-state index contributed by atoms with van der Waals surface area (Å²) in [5, 5.41) is 20.4. The standard InChI is InChI=1S/C66H106N4O4/c1-5-9-13-17-21-25-29-33-37-41-49-71-61-47-45-57(53-63(61)73-51-43-39-35-31-27-23-19-15-11-7-3)65-66(70-60(56-68)59(55-67)69-65)58-46-48-62(72-50-42-38-34-30-26-22-18-14-10-6-2)64(54-58)74-52-44-40-36-32-28-24-20-16-12-8-4/h45-48,53-54H,5-44,49-52H2,1-4H3. The van der Waals surface area contributed by atoms with E-state index < -0.39 is 0 Å². The molecule has 0 aliphatic carbocycles. The van der Waals surface area contributed by atoms with E-state index >= 15 is 0 Å². The van der Waals surface area contributed by atoms with Crippen molar-refractivity contribution in [1.82, 2.24) is 9.97 Å². The Bertz CT molecular complexity index is 1780. The highest BCUT2D eigenvalue weighted by Crippen LogP contribution is 2.39. The minimum absolute atomic E-state index is 0.00533. The second-order valence-corrected chi connectivity index (χ2v) is 21.3. The van der Waals surface area contributed by atoms with Gasteiger partial charge in [0.05, 0.1) is 37.8 Å². The van der Waals surface area contributed by atoms with Crippen LogP contribution in [0.1, 0.15) is 296 Å². The fourth-order valence-corrected chi connectivity index (χ4v) is 9.86. The van der Waals surface area contributed by atoms with Gasteiger partial charge in [-0.3, -0.25) is 0 Å². The number of unbranched alkanes of at least 4 members (excludes halogenated alkanes) is 36. The first-order valence-corrected chi connectivity index (χ1v) is 31.1. The van der Waals surface area contributed by atoms with Crippen molar-refractivity contribution in [3.8, 4) is 57.7 Å². The second-order valence-electron chi connectivity index (χ2n) is 21.3. The van der Waals surface area contributed by atoms with Crippen LogP contribution in [-0.2, 0) is 0 Å². The van der Waals surface area contributed by atoms with E-state index in [9.17, 15) is 10.5 Å². The SMILES string of the molecule is CCCCCCCCCCCCOc1ccc(-c2nc(C#N)c(C#N)nc2-c2ccc(OCCCCCCCCCCCC)c(OCCCCCCCCCCCC)c2)cc1OCCCCCCCCCCCC. The Morgan fingerprint density at radius 3 is 0.743 bits per heavy atom. The Kier molecular flexibility index (Phi) is 38.9. The molecule has 74 heavy (non-hydrogen) atoms. The number of nitrogens with zero attached hydrogens (tertiary/aromatic N) is 4. The molecule has 8 nitrogen and oxygen atoms in total. The molecule has 0 bridgehead atoms. The molecule has 8 heteroatoms. The van der Waals surface area contributed by atoms with Crippen LogP contribution in [0.25, 0.3) is 22.5 Å². The van der Waals surface area contributed by atoms with Crippen LogP contribution in [-0.4, -0.2) is 36.4 Å². The van der Waals surface area contributed by atoms with Gasteiger partial charge in [0, 0.05) is 11.1 Å². The number of hydrogen-bond donors (Lipinski definition) is 0. The van der Waals surface area contributed by atoms with Gasteiger partial charge in [0.15, 0.2) is 34.4 Å². The lowest BCUT2D eigenvalue weighted by Gasteiger charge is -2.17. The molecule has 0 aliphatic heterocycles. The predicted molar refractivity (Wildman–Crippen MR) is 312 cm³/mol. The zero-order valence-electron chi connectivity index (χ0n) is 48.0. The Balaban J connectivity index is 1.82. The predicted octanol–water partition coefficient (Wildman–Crippen LogP) is 20.8. The maximum absolute atomic E-state index is 10.2. The van der Waals surface area contributed by atoms with Gasteiger partial charge in [-0.2, -0.15) is 10.5 Å². The normalized spacial score (nSPS) is 11.2. The molecular weight excluding hydrogens is 913 g/mol. The Labute approximate surface area is 453 Å². The maximum atomic E-state index is 10.2. The van der Waals surface area contributed by atoms with Crippen molar-refractivity contribution < 1.29 is 18.9 Å². The maximum Gasteiger partial charge on any atom is 0.177 e. The van der Waals surface area contributed by atoms with Gasteiger partial charge >= 0.3 is 0 Å². The molecule has 2 aromatic carbocycles. The number of hydrogen-bond acceptors (Lipinski definition) is 8. The van der Waals surface area contributed by atoms with Crippen molar-refractivity contribution in [2.45, 2.75) is 285 Å². The molecule has 1 heterocycles. The molecule has 0 saturated heterocycles. The summed E-state index contributed by atoms with van der Waals surface area (Å²) in [4.78, 5) is 9.70. The molecule has 0 radical (unpaired) electrons. The molecule has 0 spiro atoms. The first-order chi connectivity index (χ1) is 36.6. The molecule has 1 aromatic heterocycles. The number of benzene rings is 2. The minimum Gasteiger partial charge on any atom is -0.490 e. The topological polar surface area (TPSA) is 110 Å². The van der Waals surface area contributed by atoms with E-state index in [1.165, 1.54) is 205 Å². The van der Waals surface area contributed by atoms with Crippen molar-refractivity contribution in [2.75, 3.05) is 26.4 Å². The van der Waals surface area contributed by atoms with Crippen LogP contribution >= 0.6 is 0 Å². The number of aromatic nitrogens is 2. The largest absolute Gasteiger partial charge is 0.490 e. The van der Waals surface area contributed by atoms with E-state index in [1.807, 2.05) is 36.4 Å². The molecule has 414 valence electrons. The molecule has 0 saturated carbocycles. The van der Waals surface area contributed by atoms with E-state index in [0.29, 0.717) is 60.8 Å². The number of ether oxygens (including phenoxy) is 4. The van der Waals surface area contributed by atoms with Gasteiger partial charge in [0.2, 0.25) is 0 Å². The highest BCUT2D eigenvalue weighted by atomic mass is 16.5. The summed E-state index contributed by atoms with van der Waals surface area (Å²) in [7, 11) is 0. The van der Waals surface area contributed by atoms with Crippen LogP contribution in [0.4, 0.5) is 0 Å². The summed E-state index contributed by atoms with van der Waals surface area (Å²) in [5.41, 5.74) is 2.48. The molecule has 3 aromatic rings. The van der Waals surface area contributed by atoms with Gasteiger partial charge < -0.3 is 18.9 Å². The molecule has 0 amide bonds. The lowest BCUT2D eigenvalue weighted by molar-refractivity contribution is 0.258. The molecule has 0 N–H and O–H groups in total. The average molecular weight is 1020 g/mol. The minimum atomic E-state index is -0.00533. The summed E-state index contributed by atoms with van der Waals surface area (Å²) < 4.78 is 26.1. The zero-order valence-corrected chi connectivity index (χ0v) is 48.0. The van der Waals surface area contributed by atoms with Crippen LogP contribution < -0.4 is 18.9 Å². The monoisotopic (exact) mass is 1020 g/mol.